The van der Waals surface area contributed by atoms with Gasteiger partial charge in [-0.2, -0.15) is 0 Å². The predicted octanol–water partition coefficient (Wildman–Crippen LogP) is 2.98. The molecule has 0 unspecified atom stereocenters. The summed E-state index contributed by atoms with van der Waals surface area (Å²) >= 11 is 5.11. The third kappa shape index (κ3) is 5.56. The molecule has 0 aromatic heterocycles. The molecule has 2 aromatic rings. The van der Waals surface area contributed by atoms with E-state index in [9.17, 15) is 9.59 Å². The van der Waals surface area contributed by atoms with Crippen molar-refractivity contribution in [2.45, 2.75) is 13.8 Å². The molecule has 26 heavy (non-hydrogen) atoms. The molecule has 2 rings (SSSR count). The summed E-state index contributed by atoms with van der Waals surface area (Å²) in [5, 5.41) is 5.50. The molecule has 6 nitrogen and oxygen atoms in total. The minimum Gasteiger partial charge on any atom is -0.483 e. The van der Waals surface area contributed by atoms with Crippen LogP contribution in [0, 0.1) is 13.8 Å². The van der Waals surface area contributed by atoms with Gasteiger partial charge in [0.2, 0.25) is 0 Å². The molecular weight excluding hydrogens is 352 g/mol. The molecule has 0 fully saturated rings. The number of hydrogen-bond donors (Lipinski definition) is 2. The molecule has 1 amide bonds. The molecule has 0 atom stereocenters. The first-order valence-electron chi connectivity index (χ1n) is 7.88. The fraction of sp³-hybridized carbons (Fsp3) is 0.211. The van der Waals surface area contributed by atoms with Gasteiger partial charge < -0.3 is 14.8 Å². The fourth-order valence-corrected chi connectivity index (χ4v) is 2.40. The second kappa shape index (κ2) is 8.96. The molecule has 0 saturated heterocycles. The van der Waals surface area contributed by atoms with Crippen LogP contribution in [0.25, 0.3) is 0 Å². The van der Waals surface area contributed by atoms with E-state index in [0.29, 0.717) is 17.0 Å². The van der Waals surface area contributed by atoms with Crippen LogP contribution in [0.3, 0.4) is 0 Å². The summed E-state index contributed by atoms with van der Waals surface area (Å²) in [4.78, 5) is 23.5. The smallest absolute Gasteiger partial charge is 0.337 e. The van der Waals surface area contributed by atoms with Crippen LogP contribution in [0.1, 0.15) is 21.5 Å². The number of carbonyl (C=O) groups is 2. The zero-order valence-electron chi connectivity index (χ0n) is 14.8. The van der Waals surface area contributed by atoms with Crippen molar-refractivity contribution in [2.24, 2.45) is 0 Å². The van der Waals surface area contributed by atoms with Crippen molar-refractivity contribution in [1.82, 2.24) is 5.32 Å². The van der Waals surface area contributed by atoms with Crippen LogP contribution in [0.5, 0.6) is 5.75 Å². The van der Waals surface area contributed by atoms with Gasteiger partial charge >= 0.3 is 5.97 Å². The number of esters is 1. The number of methoxy groups -OCH3 is 1. The quantitative estimate of drug-likeness (QED) is 0.621. The molecule has 7 heteroatoms. The van der Waals surface area contributed by atoms with Crippen LogP contribution >= 0.6 is 12.2 Å². The molecule has 2 aromatic carbocycles. The number of thiocarbonyl (C=S) groups is 1. The van der Waals surface area contributed by atoms with Crippen molar-refractivity contribution in [3.05, 3.63) is 59.2 Å². The van der Waals surface area contributed by atoms with Gasteiger partial charge in [-0.25, -0.2) is 4.79 Å². The minimum atomic E-state index is -0.453. The lowest BCUT2D eigenvalue weighted by molar-refractivity contribution is -0.121. The van der Waals surface area contributed by atoms with Crippen molar-refractivity contribution in [3.8, 4) is 5.75 Å². The Kier molecular flexibility index (Phi) is 6.68. The first kappa shape index (κ1) is 19.4. The SMILES string of the molecule is COC(=O)c1cccc(NC(=S)NC(=O)COc2cc(C)ccc2C)c1. The largest absolute Gasteiger partial charge is 0.483 e. The molecule has 2 N–H and O–H groups in total. The second-order valence-electron chi connectivity index (χ2n) is 5.63. The molecule has 0 heterocycles. The number of anilines is 1. The molecular formula is C19H20N2O4S. The van der Waals surface area contributed by atoms with E-state index in [4.69, 9.17) is 17.0 Å². The highest BCUT2D eigenvalue weighted by molar-refractivity contribution is 7.80. The van der Waals surface area contributed by atoms with E-state index in [-0.39, 0.29) is 17.6 Å². The van der Waals surface area contributed by atoms with Crippen molar-refractivity contribution >= 4 is 34.9 Å². The van der Waals surface area contributed by atoms with Gasteiger partial charge in [-0.1, -0.05) is 18.2 Å². The maximum Gasteiger partial charge on any atom is 0.337 e. The highest BCUT2D eigenvalue weighted by Crippen LogP contribution is 2.18. The lowest BCUT2D eigenvalue weighted by atomic mass is 10.1. The molecule has 0 bridgehead atoms. The molecule has 0 aliphatic rings. The predicted molar refractivity (Wildman–Crippen MR) is 104 cm³/mol. The van der Waals surface area contributed by atoms with Crippen LogP contribution in [-0.4, -0.2) is 30.7 Å². The normalized spacial score (nSPS) is 9.96. The highest BCUT2D eigenvalue weighted by atomic mass is 32.1. The van der Waals surface area contributed by atoms with Crippen molar-refractivity contribution < 1.29 is 19.1 Å². The zero-order chi connectivity index (χ0) is 19.1. The van der Waals surface area contributed by atoms with E-state index in [2.05, 4.69) is 15.4 Å². The maximum absolute atomic E-state index is 12.0. The third-order valence-corrected chi connectivity index (χ3v) is 3.70. The van der Waals surface area contributed by atoms with Crippen LogP contribution in [0.2, 0.25) is 0 Å². The highest BCUT2D eigenvalue weighted by Gasteiger charge is 2.09. The molecule has 0 aliphatic heterocycles. The Hall–Kier alpha value is -2.93. The van der Waals surface area contributed by atoms with Gasteiger partial charge in [0.15, 0.2) is 11.7 Å². The molecule has 0 radical (unpaired) electrons. The Labute approximate surface area is 157 Å². The van der Waals surface area contributed by atoms with Gasteiger partial charge in [0.1, 0.15) is 5.75 Å². The Morgan fingerprint density at radius 3 is 2.62 bits per heavy atom. The summed E-state index contributed by atoms with van der Waals surface area (Å²) in [7, 11) is 1.31. The van der Waals surface area contributed by atoms with Gasteiger partial charge in [-0.3, -0.25) is 10.1 Å². The summed E-state index contributed by atoms with van der Waals surface area (Å²) in [6, 6.07) is 12.4. The number of aryl methyl sites for hydroxylation is 2. The first-order valence-corrected chi connectivity index (χ1v) is 8.29. The van der Waals surface area contributed by atoms with E-state index in [1.165, 1.54) is 7.11 Å². The van der Waals surface area contributed by atoms with E-state index in [0.717, 1.165) is 11.1 Å². The number of hydrogen-bond acceptors (Lipinski definition) is 5. The number of amides is 1. The molecule has 0 spiro atoms. The molecule has 0 aliphatic carbocycles. The van der Waals surface area contributed by atoms with Crippen LogP contribution in [0.4, 0.5) is 5.69 Å². The number of carbonyl (C=O) groups excluding carboxylic acids is 2. The van der Waals surface area contributed by atoms with Gasteiger partial charge in [0.25, 0.3) is 5.91 Å². The lowest BCUT2D eigenvalue weighted by Crippen LogP contribution is -2.37. The molecule has 0 saturated carbocycles. The molecule has 136 valence electrons. The Morgan fingerprint density at radius 2 is 1.88 bits per heavy atom. The second-order valence-corrected chi connectivity index (χ2v) is 6.04. The Morgan fingerprint density at radius 1 is 1.12 bits per heavy atom. The van der Waals surface area contributed by atoms with Crippen LogP contribution < -0.4 is 15.4 Å². The monoisotopic (exact) mass is 372 g/mol. The van der Waals surface area contributed by atoms with Gasteiger partial charge in [-0.05, 0) is 61.5 Å². The van der Waals surface area contributed by atoms with Gasteiger partial charge in [-0.15, -0.1) is 0 Å². The standard InChI is InChI=1S/C19H20N2O4S/c1-12-7-8-13(2)16(9-12)25-11-17(22)21-19(26)20-15-6-4-5-14(10-15)18(23)24-3/h4-10H,11H2,1-3H3,(H2,20,21,22,26). The van der Waals surface area contributed by atoms with Crippen molar-refractivity contribution in [3.63, 3.8) is 0 Å². The minimum absolute atomic E-state index is 0.113. The summed E-state index contributed by atoms with van der Waals surface area (Å²) < 4.78 is 10.2. The fourth-order valence-electron chi connectivity index (χ4n) is 2.17. The summed E-state index contributed by atoms with van der Waals surface area (Å²) in [5.41, 5.74) is 2.94. The van der Waals surface area contributed by atoms with E-state index < -0.39 is 5.97 Å². The number of ether oxygens (including phenoxy) is 2. The number of nitrogens with one attached hydrogen (secondary N) is 2. The first-order chi connectivity index (χ1) is 12.4. The summed E-state index contributed by atoms with van der Waals surface area (Å²) in [6.07, 6.45) is 0. The Balaban J connectivity index is 1.88. The van der Waals surface area contributed by atoms with Crippen LogP contribution in [-0.2, 0) is 9.53 Å². The topological polar surface area (TPSA) is 76.7 Å². The zero-order valence-corrected chi connectivity index (χ0v) is 15.6. The van der Waals surface area contributed by atoms with Crippen molar-refractivity contribution in [1.29, 1.82) is 0 Å². The van der Waals surface area contributed by atoms with E-state index in [1.807, 2.05) is 32.0 Å². The summed E-state index contributed by atoms with van der Waals surface area (Å²) in [5.74, 6) is -0.178. The third-order valence-electron chi connectivity index (χ3n) is 3.50. The van der Waals surface area contributed by atoms with E-state index in [1.54, 1.807) is 24.3 Å². The van der Waals surface area contributed by atoms with E-state index >= 15 is 0 Å². The van der Waals surface area contributed by atoms with Crippen LogP contribution in [0.15, 0.2) is 42.5 Å². The average Bonchev–Trinajstić information content (AvgIpc) is 2.61. The maximum atomic E-state index is 12.0. The Bertz CT molecular complexity index is 836. The average molecular weight is 372 g/mol. The van der Waals surface area contributed by atoms with Crippen molar-refractivity contribution in [2.75, 3.05) is 19.0 Å². The lowest BCUT2D eigenvalue weighted by Gasteiger charge is -2.12. The van der Waals surface area contributed by atoms with Gasteiger partial charge in [0.05, 0.1) is 12.7 Å². The number of rotatable bonds is 5. The number of benzene rings is 2. The van der Waals surface area contributed by atoms with Gasteiger partial charge in [0, 0.05) is 5.69 Å². The summed E-state index contributed by atoms with van der Waals surface area (Å²) in [6.45, 7) is 3.70.